The fourth-order valence-electron chi connectivity index (χ4n) is 2.76. The van der Waals surface area contributed by atoms with Crippen LogP contribution in [0.3, 0.4) is 0 Å². The first kappa shape index (κ1) is 21.0. The Hall–Kier alpha value is -2.76. The molecule has 0 radical (unpaired) electrons. The summed E-state index contributed by atoms with van der Waals surface area (Å²) in [6.45, 7) is 2.12. The quantitative estimate of drug-likeness (QED) is 0.365. The zero-order valence-corrected chi connectivity index (χ0v) is 17.8. The number of hydrogen-bond donors (Lipinski definition) is 0. The van der Waals surface area contributed by atoms with Gasteiger partial charge in [0.05, 0.1) is 28.9 Å². The first-order chi connectivity index (χ1) is 13.9. The highest BCUT2D eigenvalue weighted by Gasteiger charge is 2.13. The van der Waals surface area contributed by atoms with Gasteiger partial charge >= 0.3 is 0 Å². The molecule has 1 aromatic heterocycles. The first-order valence-electron chi connectivity index (χ1n) is 8.85. The zero-order valence-electron chi connectivity index (χ0n) is 16.3. The number of hydrogen-bond acceptors (Lipinski definition) is 4. The van der Waals surface area contributed by atoms with E-state index in [0.29, 0.717) is 27.1 Å². The van der Waals surface area contributed by atoms with E-state index in [0.717, 1.165) is 16.8 Å². The van der Waals surface area contributed by atoms with E-state index < -0.39 is 0 Å². The van der Waals surface area contributed by atoms with E-state index >= 15 is 0 Å². The maximum Gasteiger partial charge on any atom is 0.189 e. The number of ketones is 1. The van der Waals surface area contributed by atoms with Crippen molar-refractivity contribution in [1.82, 2.24) is 9.78 Å². The fraction of sp³-hybridized carbons (Fsp3) is 0.182. The third kappa shape index (κ3) is 4.81. The Kier molecular flexibility index (Phi) is 6.62. The number of nitrogens with zero attached hydrogens (tertiary/aromatic N) is 2. The summed E-state index contributed by atoms with van der Waals surface area (Å²) in [4.78, 5) is 12.5. The van der Waals surface area contributed by atoms with Gasteiger partial charge in [-0.3, -0.25) is 9.48 Å². The summed E-state index contributed by atoms with van der Waals surface area (Å²) >= 11 is 12.0. The van der Waals surface area contributed by atoms with Crippen molar-refractivity contribution in [2.75, 3.05) is 7.11 Å². The van der Waals surface area contributed by atoms with Crippen LogP contribution < -0.4 is 9.47 Å². The smallest absolute Gasteiger partial charge is 0.189 e. The molecule has 3 rings (SSSR count). The third-order valence-corrected chi connectivity index (χ3v) is 5.25. The van der Waals surface area contributed by atoms with Crippen LogP contribution >= 0.6 is 23.2 Å². The highest BCUT2D eigenvalue weighted by molar-refractivity contribution is 6.42. The molecule has 0 unspecified atom stereocenters. The molecule has 0 aliphatic carbocycles. The summed E-state index contributed by atoms with van der Waals surface area (Å²) in [5.74, 6) is 0.971. The molecular weight excluding hydrogens is 411 g/mol. The van der Waals surface area contributed by atoms with Crippen LogP contribution in [0.15, 0.2) is 48.7 Å². The highest BCUT2D eigenvalue weighted by Crippen LogP contribution is 2.33. The van der Waals surface area contributed by atoms with Gasteiger partial charge in [0.1, 0.15) is 6.61 Å². The molecule has 0 aliphatic heterocycles. The lowest BCUT2D eigenvalue weighted by molar-refractivity contribution is 0.104. The first-order valence-corrected chi connectivity index (χ1v) is 9.61. The number of allylic oxidation sites excluding steroid dienone is 1. The van der Waals surface area contributed by atoms with Crippen LogP contribution in [-0.4, -0.2) is 22.7 Å². The number of aryl methyl sites for hydroxylation is 1. The molecule has 29 heavy (non-hydrogen) atoms. The number of halogens is 2. The predicted octanol–water partition coefficient (Wildman–Crippen LogP) is 5.52. The van der Waals surface area contributed by atoms with Gasteiger partial charge in [-0.2, -0.15) is 5.10 Å². The summed E-state index contributed by atoms with van der Waals surface area (Å²) in [7, 11) is 3.37. The Morgan fingerprint density at radius 2 is 2.00 bits per heavy atom. The molecule has 0 amide bonds. The number of benzene rings is 2. The molecule has 0 atom stereocenters. The van der Waals surface area contributed by atoms with Crippen LogP contribution in [0.25, 0.3) is 6.08 Å². The molecule has 0 aliphatic rings. The van der Waals surface area contributed by atoms with Gasteiger partial charge < -0.3 is 9.47 Å². The van der Waals surface area contributed by atoms with Gasteiger partial charge in [0.25, 0.3) is 0 Å². The molecule has 0 saturated carbocycles. The van der Waals surface area contributed by atoms with E-state index in [1.807, 2.05) is 25.1 Å². The second-order valence-corrected chi connectivity index (χ2v) is 7.20. The molecule has 7 heteroatoms. The van der Waals surface area contributed by atoms with Crippen molar-refractivity contribution in [3.8, 4) is 11.5 Å². The minimum atomic E-state index is -0.131. The van der Waals surface area contributed by atoms with Crippen molar-refractivity contribution in [2.45, 2.75) is 13.5 Å². The topological polar surface area (TPSA) is 53.3 Å². The van der Waals surface area contributed by atoms with E-state index in [1.54, 1.807) is 49.3 Å². The largest absolute Gasteiger partial charge is 0.493 e. The summed E-state index contributed by atoms with van der Waals surface area (Å²) in [5, 5.41) is 5.06. The Bertz CT molecular complexity index is 1070. The summed E-state index contributed by atoms with van der Waals surface area (Å²) < 4.78 is 13.1. The number of carbonyl (C=O) groups is 1. The SMILES string of the molecule is COc1cccc(/C=C/C(=O)c2cnn(C)c2C)c1OCc1ccc(Cl)c(Cl)c1. The highest BCUT2D eigenvalue weighted by atomic mass is 35.5. The molecule has 0 saturated heterocycles. The predicted molar refractivity (Wildman–Crippen MR) is 115 cm³/mol. The average Bonchev–Trinajstić information content (AvgIpc) is 3.05. The number of methoxy groups -OCH3 is 1. The van der Waals surface area contributed by atoms with Crippen LogP contribution in [0.4, 0.5) is 0 Å². The van der Waals surface area contributed by atoms with Crippen LogP contribution in [0.2, 0.25) is 10.0 Å². The van der Waals surface area contributed by atoms with Crippen molar-refractivity contribution in [1.29, 1.82) is 0 Å². The van der Waals surface area contributed by atoms with Crippen LogP contribution in [0.1, 0.15) is 27.2 Å². The Morgan fingerprint density at radius 3 is 2.66 bits per heavy atom. The molecule has 0 spiro atoms. The van der Waals surface area contributed by atoms with E-state index in [4.69, 9.17) is 32.7 Å². The lowest BCUT2D eigenvalue weighted by Gasteiger charge is -2.14. The van der Waals surface area contributed by atoms with E-state index in [-0.39, 0.29) is 12.4 Å². The van der Waals surface area contributed by atoms with Crippen molar-refractivity contribution in [3.63, 3.8) is 0 Å². The van der Waals surface area contributed by atoms with E-state index in [2.05, 4.69) is 5.10 Å². The van der Waals surface area contributed by atoms with Crippen molar-refractivity contribution in [3.05, 3.63) is 81.1 Å². The Labute approximate surface area is 179 Å². The summed E-state index contributed by atoms with van der Waals surface area (Å²) in [5.41, 5.74) is 2.95. The maximum atomic E-state index is 12.5. The van der Waals surface area contributed by atoms with Crippen LogP contribution in [-0.2, 0) is 13.7 Å². The van der Waals surface area contributed by atoms with E-state index in [9.17, 15) is 4.79 Å². The summed E-state index contributed by atoms with van der Waals surface area (Å²) in [6.07, 6.45) is 4.78. The number of para-hydroxylation sites is 1. The van der Waals surface area contributed by atoms with Crippen molar-refractivity contribution >= 4 is 35.1 Å². The number of rotatable bonds is 7. The lowest BCUT2D eigenvalue weighted by atomic mass is 10.1. The Balaban J connectivity index is 1.84. The standard InChI is InChI=1S/C22H20Cl2N2O3/c1-14-17(12-25-26(14)2)20(27)10-8-16-5-4-6-21(28-3)22(16)29-13-15-7-9-18(23)19(24)11-15/h4-12H,13H2,1-3H3/b10-8+. The van der Waals surface area contributed by atoms with Crippen LogP contribution in [0.5, 0.6) is 11.5 Å². The normalized spacial score (nSPS) is 11.1. The van der Waals surface area contributed by atoms with Gasteiger partial charge in [-0.15, -0.1) is 0 Å². The van der Waals surface area contributed by atoms with Gasteiger partial charge in [-0.1, -0.05) is 41.4 Å². The zero-order chi connectivity index (χ0) is 21.0. The molecule has 1 heterocycles. The number of aromatic nitrogens is 2. The number of carbonyl (C=O) groups excluding carboxylic acids is 1. The van der Waals surface area contributed by atoms with E-state index in [1.165, 1.54) is 6.08 Å². The number of ether oxygens (including phenoxy) is 2. The summed E-state index contributed by atoms with van der Waals surface area (Å²) in [6, 6.07) is 10.8. The van der Waals surface area contributed by atoms with Gasteiger partial charge in [0, 0.05) is 18.3 Å². The molecule has 0 fully saturated rings. The second-order valence-electron chi connectivity index (χ2n) is 6.38. The molecule has 150 valence electrons. The maximum absolute atomic E-state index is 12.5. The minimum Gasteiger partial charge on any atom is -0.493 e. The lowest BCUT2D eigenvalue weighted by Crippen LogP contribution is -2.01. The molecule has 2 aromatic carbocycles. The minimum absolute atomic E-state index is 0.131. The van der Waals surface area contributed by atoms with Gasteiger partial charge in [-0.05, 0) is 42.8 Å². The van der Waals surface area contributed by atoms with Gasteiger partial charge in [0.2, 0.25) is 0 Å². The van der Waals surface area contributed by atoms with Crippen molar-refractivity contribution in [2.24, 2.45) is 7.05 Å². The molecular formula is C22H20Cl2N2O3. The molecule has 0 bridgehead atoms. The van der Waals surface area contributed by atoms with Crippen LogP contribution in [0, 0.1) is 6.92 Å². The average molecular weight is 431 g/mol. The Morgan fingerprint density at radius 1 is 1.21 bits per heavy atom. The molecule has 5 nitrogen and oxygen atoms in total. The van der Waals surface area contributed by atoms with Gasteiger partial charge in [0.15, 0.2) is 17.3 Å². The fourth-order valence-corrected chi connectivity index (χ4v) is 3.08. The molecule has 3 aromatic rings. The van der Waals surface area contributed by atoms with Crippen molar-refractivity contribution < 1.29 is 14.3 Å². The molecule has 0 N–H and O–H groups in total. The second kappa shape index (κ2) is 9.16. The third-order valence-electron chi connectivity index (χ3n) is 4.51. The monoisotopic (exact) mass is 430 g/mol. The van der Waals surface area contributed by atoms with Gasteiger partial charge in [-0.25, -0.2) is 0 Å².